The highest BCUT2D eigenvalue weighted by Crippen LogP contribution is 2.17. The van der Waals surface area contributed by atoms with Crippen LogP contribution in [0.5, 0.6) is 5.75 Å². The lowest BCUT2D eigenvalue weighted by molar-refractivity contribution is -0.138. The minimum atomic E-state index is -1.30. The fourth-order valence-electron chi connectivity index (χ4n) is 6.15. The number of hydrogen-bond donors (Lipinski definition) is 10. The Bertz CT molecular complexity index is 2150. The zero-order chi connectivity index (χ0) is 43.6. The molecular formula is C42H50FN9O8. The summed E-state index contributed by atoms with van der Waals surface area (Å²) in [5.74, 6) is -5.50. The Labute approximate surface area is 345 Å². The number of carbonyl (C=O) groups excluding carboxylic acids is 5. The maximum absolute atomic E-state index is 14.0. The minimum Gasteiger partial charge on any atom is -0.508 e. The molecule has 18 heteroatoms. The van der Waals surface area contributed by atoms with Gasteiger partial charge in [-0.1, -0.05) is 54.6 Å². The molecule has 0 spiro atoms. The second-order valence-electron chi connectivity index (χ2n) is 14.0. The number of phenols is 1. The molecule has 0 saturated carbocycles. The van der Waals surface area contributed by atoms with Crippen LogP contribution in [0.2, 0.25) is 0 Å². The fourth-order valence-corrected chi connectivity index (χ4v) is 6.15. The van der Waals surface area contributed by atoms with E-state index in [4.69, 9.17) is 17.2 Å². The van der Waals surface area contributed by atoms with E-state index >= 15 is 0 Å². The van der Waals surface area contributed by atoms with Gasteiger partial charge in [0.1, 0.15) is 36.2 Å². The van der Waals surface area contributed by atoms with Gasteiger partial charge in [0.05, 0.1) is 6.04 Å². The Morgan fingerprint density at radius 2 is 1.27 bits per heavy atom. The molecule has 0 aliphatic rings. The zero-order valence-electron chi connectivity index (χ0n) is 32.7. The van der Waals surface area contributed by atoms with Crippen molar-refractivity contribution >= 4 is 52.2 Å². The molecule has 4 aromatic carbocycles. The quantitative estimate of drug-likeness (QED) is 0.0299. The summed E-state index contributed by atoms with van der Waals surface area (Å²) in [5.41, 5.74) is 18.7. The molecule has 4 atom stereocenters. The van der Waals surface area contributed by atoms with Crippen molar-refractivity contribution < 1.29 is 43.4 Å². The van der Waals surface area contributed by atoms with Gasteiger partial charge in [0.2, 0.25) is 23.6 Å². The highest BCUT2D eigenvalue weighted by Gasteiger charge is 2.31. The summed E-state index contributed by atoms with van der Waals surface area (Å²) in [6.07, 6.45) is 0.336. The Kier molecular flexibility index (Phi) is 17.3. The average molecular weight is 828 g/mol. The van der Waals surface area contributed by atoms with Crippen LogP contribution in [-0.4, -0.2) is 95.5 Å². The molecule has 0 aliphatic carbocycles. The van der Waals surface area contributed by atoms with Crippen LogP contribution < -0.4 is 43.8 Å². The van der Waals surface area contributed by atoms with Crippen LogP contribution in [0.1, 0.15) is 47.2 Å². The molecule has 0 aromatic heterocycles. The molecular weight excluding hydrogens is 778 g/mol. The molecule has 17 nitrogen and oxygen atoms in total. The molecule has 4 aromatic rings. The molecule has 0 heterocycles. The normalized spacial score (nSPS) is 12.8. The van der Waals surface area contributed by atoms with Gasteiger partial charge in [0, 0.05) is 25.1 Å². The van der Waals surface area contributed by atoms with E-state index in [1.54, 1.807) is 18.2 Å². The molecule has 4 rings (SSSR count). The number of halogens is 1. The zero-order valence-corrected chi connectivity index (χ0v) is 32.7. The first-order chi connectivity index (χ1) is 28.7. The number of phenolic OH excluding ortho intramolecular Hbond substituents is 1. The number of nitrogens with one attached hydrogen (secondary N) is 5. The van der Waals surface area contributed by atoms with Crippen LogP contribution in [0.25, 0.3) is 10.8 Å². The van der Waals surface area contributed by atoms with Crippen molar-refractivity contribution in [2.75, 3.05) is 19.6 Å². The number of aromatic hydroxyl groups is 1. The van der Waals surface area contributed by atoms with Crippen molar-refractivity contribution in [3.8, 4) is 5.75 Å². The predicted molar refractivity (Wildman–Crippen MR) is 222 cm³/mol. The number of aliphatic carboxylic acids is 1. The van der Waals surface area contributed by atoms with Crippen molar-refractivity contribution in [3.63, 3.8) is 0 Å². The van der Waals surface area contributed by atoms with Gasteiger partial charge in [0.25, 0.3) is 5.91 Å². The molecule has 318 valence electrons. The van der Waals surface area contributed by atoms with Crippen molar-refractivity contribution in [3.05, 3.63) is 114 Å². The number of fused-ring (bicyclic) bond motifs is 1. The van der Waals surface area contributed by atoms with E-state index in [1.165, 1.54) is 24.3 Å². The Morgan fingerprint density at radius 3 is 1.92 bits per heavy atom. The number of carboxylic acids is 1. The van der Waals surface area contributed by atoms with Crippen molar-refractivity contribution in [1.29, 1.82) is 0 Å². The topological polar surface area (TPSA) is 293 Å². The first-order valence-electron chi connectivity index (χ1n) is 19.2. The van der Waals surface area contributed by atoms with Crippen LogP contribution in [-0.2, 0) is 36.8 Å². The highest BCUT2D eigenvalue weighted by molar-refractivity contribution is 5.96. The Hall–Kier alpha value is -7.08. The third kappa shape index (κ3) is 15.0. The molecule has 0 radical (unpaired) electrons. The number of guanidine groups is 1. The number of aliphatic imine (C=N–C) groups is 1. The van der Waals surface area contributed by atoms with E-state index < -0.39 is 72.0 Å². The van der Waals surface area contributed by atoms with E-state index in [1.807, 2.05) is 36.4 Å². The second kappa shape index (κ2) is 22.8. The van der Waals surface area contributed by atoms with E-state index in [9.17, 15) is 43.4 Å². The molecule has 0 saturated heterocycles. The average Bonchev–Trinajstić information content (AvgIpc) is 3.22. The number of benzene rings is 4. The van der Waals surface area contributed by atoms with Gasteiger partial charge in [-0.3, -0.25) is 33.8 Å². The summed E-state index contributed by atoms with van der Waals surface area (Å²) >= 11 is 0. The van der Waals surface area contributed by atoms with Crippen molar-refractivity contribution in [2.45, 2.75) is 62.7 Å². The van der Waals surface area contributed by atoms with Crippen LogP contribution >= 0.6 is 0 Å². The summed E-state index contributed by atoms with van der Waals surface area (Å²) in [6.45, 7) is -0.566. The van der Waals surface area contributed by atoms with Crippen LogP contribution in [0, 0.1) is 5.82 Å². The summed E-state index contributed by atoms with van der Waals surface area (Å²) in [6, 6.07) is 19.0. The van der Waals surface area contributed by atoms with Gasteiger partial charge >= 0.3 is 5.97 Å². The van der Waals surface area contributed by atoms with Crippen LogP contribution in [0.4, 0.5) is 4.39 Å². The van der Waals surface area contributed by atoms with Crippen molar-refractivity contribution in [1.82, 2.24) is 26.6 Å². The monoisotopic (exact) mass is 827 g/mol. The van der Waals surface area contributed by atoms with E-state index in [0.717, 1.165) is 22.9 Å². The van der Waals surface area contributed by atoms with Gasteiger partial charge in [-0.05, 0) is 90.4 Å². The van der Waals surface area contributed by atoms with Gasteiger partial charge in [-0.2, -0.15) is 0 Å². The highest BCUT2D eigenvalue weighted by atomic mass is 19.1. The molecule has 0 fully saturated rings. The number of carboxylic acid groups (broad SMARTS) is 1. The number of hydrogen-bond acceptors (Lipinski definition) is 9. The second-order valence-corrected chi connectivity index (χ2v) is 14.0. The Morgan fingerprint density at radius 1 is 0.667 bits per heavy atom. The maximum Gasteiger partial charge on any atom is 0.322 e. The maximum atomic E-state index is 14.0. The minimum absolute atomic E-state index is 0.0252. The molecule has 0 unspecified atom stereocenters. The standard InChI is InChI=1S/C42H50FN9O8/c43-30-15-13-28(14-16-30)37(56)47-19-3-7-33(50-38(57)32(44)22-25-10-17-31(53)18-11-25)40(59)51-34(8-4-20-48-42(45)46)41(60)52-35(39(58)49-24-36(54)55)23-26-9-12-27-5-1-2-6-29(27)21-26/h1-2,5-6,9-18,21,32-35,53H,3-4,7-8,19-20,22-24,44H2,(H,47,56)(H,49,58)(H,50,57)(H,51,59)(H,52,60)(H,54,55)(H4,45,46,48)/t32-,33+,34+,35+/m1/s1. The molecule has 13 N–H and O–H groups in total. The predicted octanol–water partition coefficient (Wildman–Crippen LogP) is 0.716. The number of nitrogens with two attached hydrogens (primary N) is 3. The third-order valence-electron chi connectivity index (χ3n) is 9.30. The number of nitrogens with zero attached hydrogens (tertiary/aromatic N) is 1. The molecule has 0 aliphatic heterocycles. The van der Waals surface area contributed by atoms with Gasteiger partial charge in [-0.25, -0.2) is 4.39 Å². The van der Waals surface area contributed by atoms with Gasteiger partial charge < -0.3 is 54.0 Å². The number of amides is 5. The molecule has 0 bridgehead atoms. The largest absolute Gasteiger partial charge is 0.508 e. The first kappa shape index (κ1) is 45.6. The summed E-state index contributed by atoms with van der Waals surface area (Å²) in [4.78, 5) is 82.7. The van der Waals surface area contributed by atoms with E-state index in [-0.39, 0.29) is 68.9 Å². The van der Waals surface area contributed by atoms with Crippen molar-refractivity contribution in [2.24, 2.45) is 22.2 Å². The molecule has 5 amide bonds. The van der Waals surface area contributed by atoms with Gasteiger partial charge in [0.15, 0.2) is 5.96 Å². The van der Waals surface area contributed by atoms with Crippen LogP contribution in [0.3, 0.4) is 0 Å². The summed E-state index contributed by atoms with van der Waals surface area (Å²) in [7, 11) is 0. The lowest BCUT2D eigenvalue weighted by atomic mass is 10.0. The van der Waals surface area contributed by atoms with Gasteiger partial charge in [-0.15, -0.1) is 0 Å². The molecule has 60 heavy (non-hydrogen) atoms. The van der Waals surface area contributed by atoms with Crippen LogP contribution in [0.15, 0.2) is 96.0 Å². The fraction of sp³-hybridized carbons (Fsp3) is 0.310. The Balaban J connectivity index is 1.54. The van der Waals surface area contributed by atoms with E-state index in [2.05, 4.69) is 31.6 Å². The number of rotatable bonds is 22. The lowest BCUT2D eigenvalue weighted by Crippen LogP contribution is -2.58. The summed E-state index contributed by atoms with van der Waals surface area (Å²) < 4.78 is 13.4. The smallest absolute Gasteiger partial charge is 0.322 e. The first-order valence-corrected chi connectivity index (χ1v) is 19.2. The number of carbonyl (C=O) groups is 6. The van der Waals surface area contributed by atoms with E-state index in [0.29, 0.717) is 11.1 Å². The third-order valence-corrected chi connectivity index (χ3v) is 9.30. The lowest BCUT2D eigenvalue weighted by Gasteiger charge is -2.26. The summed E-state index contributed by atoms with van der Waals surface area (Å²) in [5, 5.41) is 33.7. The SMILES string of the molecule is NC(N)=NCCC[C@H](NC(=O)[C@H](CCCNC(=O)c1ccc(F)cc1)NC(=O)[C@H](N)Cc1ccc(O)cc1)C(=O)N[C@@H](Cc1ccc2ccccc2c1)C(=O)NCC(=O)O.